The van der Waals surface area contributed by atoms with Crippen LogP contribution in [0.25, 0.3) is 10.6 Å². The third-order valence-electron chi connectivity index (χ3n) is 7.33. The summed E-state index contributed by atoms with van der Waals surface area (Å²) in [6.07, 6.45) is -0.904. The minimum atomic E-state index is -4.69. The number of hydrogen-bond donors (Lipinski definition) is 2. The van der Waals surface area contributed by atoms with Crippen LogP contribution in [0, 0.1) is 12.3 Å². The van der Waals surface area contributed by atoms with Crippen LogP contribution in [0.1, 0.15) is 67.2 Å². The Bertz CT molecular complexity index is 1420. The second-order valence-corrected chi connectivity index (χ2v) is 12.5. The number of thiazole rings is 1. The molecule has 0 aliphatic carbocycles. The second-order valence-electron chi connectivity index (χ2n) is 11.3. The van der Waals surface area contributed by atoms with Gasteiger partial charge in [-0.25, -0.2) is 19.7 Å². The lowest BCUT2D eigenvalue weighted by Gasteiger charge is -2.42. The molecule has 4 rings (SSSR count). The number of alkyl halides is 3. The Morgan fingerprint density at radius 2 is 1.76 bits per heavy atom. The maximum atomic E-state index is 13.8. The van der Waals surface area contributed by atoms with Crippen LogP contribution in [0.2, 0.25) is 0 Å². The molecule has 0 spiro atoms. The fourth-order valence-corrected chi connectivity index (χ4v) is 5.29. The molecule has 3 aromatic rings. The molecule has 2 amide bonds. The molecule has 2 atom stereocenters. The third kappa shape index (κ3) is 6.77. The van der Waals surface area contributed by atoms with Gasteiger partial charge in [-0.05, 0) is 50.3 Å². The number of likely N-dealkylation sites (tertiary alicyclic amines) is 1. The zero-order valence-corrected chi connectivity index (χ0v) is 24.2. The quantitative estimate of drug-likeness (QED) is 0.354. The van der Waals surface area contributed by atoms with Gasteiger partial charge in [-0.3, -0.25) is 4.79 Å². The van der Waals surface area contributed by atoms with Crippen molar-refractivity contribution in [3.8, 4) is 16.3 Å². The van der Waals surface area contributed by atoms with E-state index in [0.717, 1.165) is 17.3 Å². The number of piperidine rings is 1. The highest BCUT2D eigenvalue weighted by Crippen LogP contribution is 2.40. The van der Waals surface area contributed by atoms with Gasteiger partial charge in [0.25, 0.3) is 5.91 Å². The summed E-state index contributed by atoms with van der Waals surface area (Å²) >= 11 is 1.45. The molecule has 2 N–H and O–H groups in total. The topological polar surface area (TPSA) is 118 Å². The van der Waals surface area contributed by atoms with Crippen molar-refractivity contribution < 1.29 is 32.6 Å². The van der Waals surface area contributed by atoms with Crippen LogP contribution in [-0.2, 0) is 11.7 Å². The molecule has 1 fully saturated rings. The van der Waals surface area contributed by atoms with Gasteiger partial charge in [-0.1, -0.05) is 20.8 Å². The molecular formula is C28H32F3N5O4S. The van der Waals surface area contributed by atoms with E-state index in [1.165, 1.54) is 16.2 Å². The molecule has 1 aliphatic heterocycles. The van der Waals surface area contributed by atoms with Gasteiger partial charge in [-0.15, -0.1) is 11.3 Å². The Morgan fingerprint density at radius 1 is 1.07 bits per heavy atom. The first-order valence-electron chi connectivity index (χ1n) is 13.0. The largest absolute Gasteiger partial charge is 0.489 e. The highest BCUT2D eigenvalue weighted by Gasteiger charge is 2.42. The van der Waals surface area contributed by atoms with Crippen LogP contribution in [0.15, 0.2) is 36.8 Å². The van der Waals surface area contributed by atoms with Gasteiger partial charge in [0.15, 0.2) is 0 Å². The number of hydrogen-bond acceptors (Lipinski definition) is 7. The average Bonchev–Trinajstić information content (AvgIpc) is 3.33. The molecule has 2 aromatic heterocycles. The molecular weight excluding hydrogens is 559 g/mol. The van der Waals surface area contributed by atoms with Crippen molar-refractivity contribution >= 4 is 23.3 Å². The molecule has 0 bridgehead atoms. The predicted molar refractivity (Wildman–Crippen MR) is 147 cm³/mol. The first kappa shape index (κ1) is 30.2. The number of rotatable bonds is 6. The minimum Gasteiger partial charge on any atom is -0.489 e. The molecule has 9 nitrogen and oxygen atoms in total. The van der Waals surface area contributed by atoms with E-state index in [0.29, 0.717) is 41.3 Å². The third-order valence-corrected chi connectivity index (χ3v) is 8.30. The van der Waals surface area contributed by atoms with Crippen molar-refractivity contribution in [2.24, 2.45) is 5.41 Å². The summed E-state index contributed by atoms with van der Waals surface area (Å²) in [5, 5.41) is 13.1. The van der Waals surface area contributed by atoms with Crippen LogP contribution >= 0.6 is 11.3 Å². The number of carboxylic acid groups (broad SMARTS) is 1. The van der Waals surface area contributed by atoms with Crippen molar-refractivity contribution in [3.63, 3.8) is 0 Å². The Labute approximate surface area is 239 Å². The van der Waals surface area contributed by atoms with Crippen LogP contribution < -0.4 is 10.1 Å². The van der Waals surface area contributed by atoms with E-state index < -0.39 is 41.1 Å². The standard InChI is InChI=1S/C28H32F3N5O4S/c1-16-12-32-23(41-16)18-9-17(10-21(11-18)40-20-7-6-8-36(15-20)25(38)39)22(37)35-27(5,26(2,3)4)19-13-33-24(34-14-19)28(29,30)31/h9-14,20H,6-8,15H2,1-5H3,(H,35,37)(H,38,39)/t20-,27+/m1/s1. The molecule has 1 aliphatic rings. The van der Waals surface area contributed by atoms with Gasteiger partial charge in [0, 0.05) is 46.7 Å². The van der Waals surface area contributed by atoms with Gasteiger partial charge in [0.1, 0.15) is 16.9 Å². The molecule has 0 saturated carbocycles. The van der Waals surface area contributed by atoms with E-state index in [4.69, 9.17) is 4.74 Å². The highest BCUT2D eigenvalue weighted by molar-refractivity contribution is 7.14. The van der Waals surface area contributed by atoms with Crippen molar-refractivity contribution in [2.45, 2.75) is 65.3 Å². The first-order chi connectivity index (χ1) is 19.1. The van der Waals surface area contributed by atoms with E-state index in [1.807, 2.05) is 27.7 Å². The molecule has 1 saturated heterocycles. The van der Waals surface area contributed by atoms with Crippen LogP contribution in [0.3, 0.4) is 0 Å². The summed E-state index contributed by atoms with van der Waals surface area (Å²) in [5.41, 5.74) is -0.608. The minimum absolute atomic E-state index is 0.202. The lowest BCUT2D eigenvalue weighted by molar-refractivity contribution is -0.145. The summed E-state index contributed by atoms with van der Waals surface area (Å²) in [6.45, 7) is 9.82. The van der Waals surface area contributed by atoms with Gasteiger partial charge in [0.2, 0.25) is 5.82 Å². The molecule has 41 heavy (non-hydrogen) atoms. The fraction of sp³-hybridized carbons (Fsp3) is 0.464. The molecule has 3 heterocycles. The van der Waals surface area contributed by atoms with E-state index >= 15 is 0 Å². The summed E-state index contributed by atoms with van der Waals surface area (Å²) in [5.74, 6) is -1.37. The Kier molecular flexibility index (Phi) is 8.30. The van der Waals surface area contributed by atoms with Crippen molar-refractivity contribution in [2.75, 3.05) is 13.1 Å². The number of aryl methyl sites for hydroxylation is 1. The van der Waals surface area contributed by atoms with Crippen LogP contribution in [-0.4, -0.2) is 56.2 Å². The van der Waals surface area contributed by atoms with Gasteiger partial charge in [0.05, 0.1) is 12.1 Å². The Morgan fingerprint density at radius 3 is 2.32 bits per heavy atom. The molecule has 13 heteroatoms. The van der Waals surface area contributed by atoms with Crippen molar-refractivity contribution in [1.82, 2.24) is 25.2 Å². The van der Waals surface area contributed by atoms with Crippen molar-refractivity contribution in [3.05, 3.63) is 58.6 Å². The highest BCUT2D eigenvalue weighted by atomic mass is 32.1. The van der Waals surface area contributed by atoms with E-state index in [2.05, 4.69) is 20.3 Å². The summed E-state index contributed by atoms with van der Waals surface area (Å²) < 4.78 is 45.4. The number of carbonyl (C=O) groups is 2. The second kappa shape index (κ2) is 11.3. The predicted octanol–water partition coefficient (Wildman–Crippen LogP) is 6.14. The molecule has 1 aromatic carbocycles. The monoisotopic (exact) mass is 591 g/mol. The summed E-state index contributed by atoms with van der Waals surface area (Å²) in [7, 11) is 0. The average molecular weight is 592 g/mol. The van der Waals surface area contributed by atoms with E-state index in [-0.39, 0.29) is 12.1 Å². The van der Waals surface area contributed by atoms with Gasteiger partial charge >= 0.3 is 12.3 Å². The van der Waals surface area contributed by atoms with Gasteiger partial charge < -0.3 is 20.1 Å². The van der Waals surface area contributed by atoms with Crippen LogP contribution in [0.5, 0.6) is 5.75 Å². The summed E-state index contributed by atoms with van der Waals surface area (Å²) in [6, 6.07) is 5.02. The number of halogens is 3. The molecule has 0 radical (unpaired) electrons. The fourth-order valence-electron chi connectivity index (χ4n) is 4.53. The van der Waals surface area contributed by atoms with Gasteiger partial charge in [-0.2, -0.15) is 13.2 Å². The number of nitrogens with one attached hydrogen (secondary N) is 1. The Hall–Kier alpha value is -3.74. The smallest absolute Gasteiger partial charge is 0.451 e. The maximum absolute atomic E-state index is 13.8. The summed E-state index contributed by atoms with van der Waals surface area (Å²) in [4.78, 5) is 39.0. The van der Waals surface area contributed by atoms with E-state index in [1.54, 1.807) is 31.3 Å². The number of aromatic nitrogens is 3. The lowest BCUT2D eigenvalue weighted by Crippen LogP contribution is -2.52. The normalized spacial score (nSPS) is 17.6. The maximum Gasteiger partial charge on any atom is 0.451 e. The lowest BCUT2D eigenvalue weighted by atomic mass is 9.71. The first-order valence-corrected chi connectivity index (χ1v) is 13.8. The van der Waals surface area contributed by atoms with E-state index in [9.17, 15) is 27.9 Å². The number of amides is 2. The number of carbonyl (C=O) groups excluding carboxylic acids is 1. The Balaban J connectivity index is 1.69. The number of nitrogens with zero attached hydrogens (tertiary/aromatic N) is 4. The van der Waals surface area contributed by atoms with Crippen LogP contribution in [0.4, 0.5) is 18.0 Å². The molecule has 0 unspecified atom stereocenters. The SMILES string of the molecule is Cc1cnc(-c2cc(O[C@@H]3CCCN(C(=O)O)C3)cc(C(=O)N[C@@](C)(c3cnc(C(F)(F)F)nc3)C(C)(C)C)c2)s1. The zero-order valence-electron chi connectivity index (χ0n) is 23.4. The number of ether oxygens (including phenoxy) is 1. The molecule has 220 valence electrons. The zero-order chi connectivity index (χ0) is 30.2. The number of benzene rings is 1. The van der Waals surface area contributed by atoms with Crippen molar-refractivity contribution in [1.29, 1.82) is 0 Å².